The van der Waals surface area contributed by atoms with E-state index in [2.05, 4.69) is 25.9 Å². The average Bonchev–Trinajstić information content (AvgIpc) is 2.42. The molecule has 1 aromatic rings. The second kappa shape index (κ2) is 11.6. The van der Waals surface area contributed by atoms with Gasteiger partial charge >= 0.3 is 0 Å². The van der Waals surface area contributed by atoms with Crippen LogP contribution < -0.4 is 0 Å². The molecule has 0 aliphatic carbocycles. The van der Waals surface area contributed by atoms with Crippen molar-refractivity contribution in [1.82, 2.24) is 4.90 Å². The summed E-state index contributed by atoms with van der Waals surface area (Å²) >= 11 is 0. The second-order valence-corrected chi connectivity index (χ2v) is 7.22. The monoisotopic (exact) mass is 328 g/mol. The molecule has 0 saturated heterocycles. The summed E-state index contributed by atoms with van der Waals surface area (Å²) in [6.45, 7) is 5.34. The Morgan fingerprint density at radius 2 is 1.45 bits per heavy atom. The van der Waals surface area contributed by atoms with Gasteiger partial charge in [0.05, 0.1) is 4.90 Å². The lowest BCUT2D eigenvalue weighted by Gasteiger charge is -2.08. The third-order valence-electron chi connectivity index (χ3n) is 3.27. The van der Waals surface area contributed by atoms with Gasteiger partial charge in [0, 0.05) is 0 Å². The van der Waals surface area contributed by atoms with Crippen molar-refractivity contribution < 1.29 is 13.0 Å². The van der Waals surface area contributed by atoms with Crippen LogP contribution in [0.4, 0.5) is 0 Å². The molecule has 5 heteroatoms. The first kappa shape index (κ1) is 21.1. The van der Waals surface area contributed by atoms with Gasteiger partial charge in [-0.2, -0.15) is 0 Å². The molecule has 1 aromatic carbocycles. The van der Waals surface area contributed by atoms with E-state index in [4.69, 9.17) is 0 Å². The van der Waals surface area contributed by atoms with E-state index in [0.29, 0.717) is 0 Å². The molecule has 0 aliphatic heterocycles. The predicted molar refractivity (Wildman–Crippen MR) is 91.1 cm³/mol. The molecule has 128 valence electrons. The lowest BCUT2D eigenvalue weighted by molar-refractivity contribution is 0.389. The van der Waals surface area contributed by atoms with Gasteiger partial charge in [-0.3, -0.25) is 0 Å². The molecule has 0 atom stereocenters. The fourth-order valence-corrected chi connectivity index (χ4v) is 2.38. The SMILES string of the molecule is CCCCCCCCN(C)C.Cc1ccc(S(=O)(=O)[O-])cc1. The van der Waals surface area contributed by atoms with Gasteiger partial charge in [-0.25, -0.2) is 8.42 Å². The predicted octanol–water partition coefficient (Wildman–Crippen LogP) is 3.81. The van der Waals surface area contributed by atoms with Crippen LogP contribution in [-0.2, 0) is 10.1 Å². The van der Waals surface area contributed by atoms with Gasteiger partial charge < -0.3 is 9.45 Å². The van der Waals surface area contributed by atoms with E-state index in [1.54, 1.807) is 12.1 Å². The van der Waals surface area contributed by atoms with Crippen LogP contribution in [0.5, 0.6) is 0 Å². The Hall–Kier alpha value is -0.910. The number of hydrogen-bond acceptors (Lipinski definition) is 4. The number of unbranched alkanes of at least 4 members (excludes halogenated alkanes) is 5. The number of aryl methyl sites for hydroxylation is 1. The minimum Gasteiger partial charge on any atom is -0.744 e. The Morgan fingerprint density at radius 1 is 0.955 bits per heavy atom. The molecular formula is C17H30NO3S-. The molecule has 22 heavy (non-hydrogen) atoms. The van der Waals surface area contributed by atoms with Gasteiger partial charge in [-0.05, 0) is 46.1 Å². The largest absolute Gasteiger partial charge is 0.744 e. The maximum atomic E-state index is 10.4. The van der Waals surface area contributed by atoms with Gasteiger partial charge in [0.15, 0.2) is 0 Å². The maximum absolute atomic E-state index is 10.4. The van der Waals surface area contributed by atoms with Gasteiger partial charge in [0.25, 0.3) is 0 Å². The Kier molecular flexibility index (Phi) is 11.1. The van der Waals surface area contributed by atoms with E-state index in [9.17, 15) is 13.0 Å². The molecule has 0 heterocycles. The lowest BCUT2D eigenvalue weighted by Crippen LogP contribution is -2.12. The molecular weight excluding hydrogens is 298 g/mol. The summed E-state index contributed by atoms with van der Waals surface area (Å²) in [7, 11) is 0.0202. The van der Waals surface area contributed by atoms with Crippen molar-refractivity contribution in [2.24, 2.45) is 0 Å². The van der Waals surface area contributed by atoms with Crippen LogP contribution in [0.3, 0.4) is 0 Å². The molecule has 0 amide bonds. The van der Waals surface area contributed by atoms with E-state index >= 15 is 0 Å². The van der Waals surface area contributed by atoms with Gasteiger partial charge in [0.2, 0.25) is 0 Å². The van der Waals surface area contributed by atoms with Crippen LogP contribution in [0.25, 0.3) is 0 Å². The molecule has 1 rings (SSSR count). The zero-order valence-electron chi connectivity index (χ0n) is 14.3. The Morgan fingerprint density at radius 3 is 1.91 bits per heavy atom. The summed E-state index contributed by atoms with van der Waals surface area (Å²) in [5.41, 5.74) is 0.928. The molecule has 0 N–H and O–H groups in total. The maximum Gasteiger partial charge on any atom is 0.124 e. The second-order valence-electron chi connectivity index (χ2n) is 5.84. The van der Waals surface area contributed by atoms with Crippen LogP contribution in [0.1, 0.15) is 51.0 Å². The highest BCUT2D eigenvalue weighted by Gasteiger charge is 1.97. The van der Waals surface area contributed by atoms with Crippen molar-refractivity contribution in [3.63, 3.8) is 0 Å². The van der Waals surface area contributed by atoms with Crippen LogP contribution in [0.15, 0.2) is 29.2 Å². The molecule has 4 nitrogen and oxygen atoms in total. The first-order valence-corrected chi connectivity index (χ1v) is 9.35. The van der Waals surface area contributed by atoms with Crippen LogP contribution in [0, 0.1) is 6.92 Å². The standard InChI is InChI=1S/C10H23N.C7H8O3S/c1-4-5-6-7-8-9-10-11(2)3;1-6-2-4-7(5-3-6)11(8,9)10/h4-10H2,1-3H3;2-5H,1H3,(H,8,9,10)/p-1. The molecule has 0 spiro atoms. The molecule has 0 aliphatic rings. The van der Waals surface area contributed by atoms with E-state index in [-0.39, 0.29) is 4.90 Å². The van der Waals surface area contributed by atoms with E-state index in [0.717, 1.165) is 5.56 Å². The molecule has 0 fully saturated rings. The summed E-state index contributed by atoms with van der Waals surface area (Å²) in [5.74, 6) is 0. The highest BCUT2D eigenvalue weighted by molar-refractivity contribution is 7.85. The average molecular weight is 328 g/mol. The smallest absolute Gasteiger partial charge is 0.124 e. The first-order chi connectivity index (χ1) is 10.3. The fourth-order valence-electron chi connectivity index (χ4n) is 1.91. The Balaban J connectivity index is 0.000000401. The fraction of sp³-hybridized carbons (Fsp3) is 0.647. The minimum atomic E-state index is -4.27. The van der Waals surface area contributed by atoms with Crippen LogP contribution in [-0.4, -0.2) is 38.5 Å². The van der Waals surface area contributed by atoms with Crippen molar-refractivity contribution in [1.29, 1.82) is 0 Å². The van der Waals surface area contributed by atoms with Crippen molar-refractivity contribution in [3.05, 3.63) is 29.8 Å². The van der Waals surface area contributed by atoms with Crippen molar-refractivity contribution in [3.8, 4) is 0 Å². The Labute approximate surface area is 136 Å². The zero-order chi connectivity index (χ0) is 17.0. The number of hydrogen-bond donors (Lipinski definition) is 0. The number of benzene rings is 1. The summed E-state index contributed by atoms with van der Waals surface area (Å²) in [6, 6.07) is 5.78. The van der Waals surface area contributed by atoms with E-state index in [1.807, 2.05) is 6.92 Å². The highest BCUT2D eigenvalue weighted by atomic mass is 32.2. The van der Waals surface area contributed by atoms with Gasteiger partial charge in [-0.1, -0.05) is 56.7 Å². The van der Waals surface area contributed by atoms with Crippen molar-refractivity contribution >= 4 is 10.1 Å². The minimum absolute atomic E-state index is 0.178. The topological polar surface area (TPSA) is 60.4 Å². The molecule has 0 unspecified atom stereocenters. The summed E-state index contributed by atoms with van der Waals surface area (Å²) in [6.07, 6.45) is 8.43. The summed E-state index contributed by atoms with van der Waals surface area (Å²) < 4.78 is 31.2. The van der Waals surface area contributed by atoms with Crippen molar-refractivity contribution in [2.75, 3.05) is 20.6 Å². The Bertz CT molecular complexity index is 481. The first-order valence-electron chi connectivity index (χ1n) is 7.94. The molecule has 0 aromatic heterocycles. The number of nitrogens with zero attached hydrogens (tertiary/aromatic N) is 1. The highest BCUT2D eigenvalue weighted by Crippen LogP contribution is 2.08. The van der Waals surface area contributed by atoms with Crippen LogP contribution in [0.2, 0.25) is 0 Å². The molecule has 0 bridgehead atoms. The normalized spacial score (nSPS) is 11.2. The quantitative estimate of drug-likeness (QED) is 0.538. The van der Waals surface area contributed by atoms with Crippen LogP contribution >= 0.6 is 0 Å². The third-order valence-corrected chi connectivity index (χ3v) is 4.12. The van der Waals surface area contributed by atoms with Crippen molar-refractivity contribution in [2.45, 2.75) is 57.3 Å². The lowest BCUT2D eigenvalue weighted by atomic mass is 10.1. The zero-order valence-corrected chi connectivity index (χ0v) is 15.2. The van der Waals surface area contributed by atoms with E-state index < -0.39 is 10.1 Å². The summed E-state index contributed by atoms with van der Waals surface area (Å²) in [4.78, 5) is 2.09. The van der Waals surface area contributed by atoms with Gasteiger partial charge in [-0.15, -0.1) is 0 Å². The number of rotatable bonds is 8. The molecule has 0 saturated carbocycles. The van der Waals surface area contributed by atoms with E-state index in [1.165, 1.54) is 57.2 Å². The third kappa shape index (κ3) is 11.7. The van der Waals surface area contributed by atoms with Gasteiger partial charge in [0.1, 0.15) is 10.1 Å². The summed E-state index contributed by atoms with van der Waals surface area (Å²) in [5, 5.41) is 0. The molecule has 0 radical (unpaired) electrons.